The molecule has 0 amide bonds. The molecule has 5 nitrogen and oxygen atoms in total. The Hall–Kier alpha value is -2.82. The lowest BCUT2D eigenvalue weighted by atomic mass is 10.2. The molecule has 0 saturated heterocycles. The number of ether oxygens (including phenoxy) is 3. The van der Waals surface area contributed by atoms with Gasteiger partial charge in [0.2, 0.25) is 0 Å². The summed E-state index contributed by atoms with van der Waals surface area (Å²) in [6.45, 7) is 4.59. The van der Waals surface area contributed by atoms with Crippen molar-refractivity contribution in [2.75, 3.05) is 6.61 Å². The van der Waals surface area contributed by atoms with Crippen LogP contribution in [0.2, 0.25) is 0 Å². The van der Waals surface area contributed by atoms with Crippen LogP contribution in [0.25, 0.3) is 0 Å². The van der Waals surface area contributed by atoms with Crippen LogP contribution in [-0.2, 0) is 4.79 Å². The van der Waals surface area contributed by atoms with E-state index in [1.54, 1.807) is 48.5 Å². The minimum absolute atomic E-state index is 0.289. The summed E-state index contributed by atoms with van der Waals surface area (Å²) in [6.07, 6.45) is 2.02. The third kappa shape index (κ3) is 5.95. The van der Waals surface area contributed by atoms with Crippen molar-refractivity contribution in [2.45, 2.75) is 33.1 Å². The Kier molecular flexibility index (Phi) is 7.01. The summed E-state index contributed by atoms with van der Waals surface area (Å²) in [4.78, 5) is 23.6. The fourth-order valence-electron chi connectivity index (χ4n) is 2.04. The normalized spacial score (nSPS) is 10.2. The van der Waals surface area contributed by atoms with Crippen LogP contribution in [0.3, 0.4) is 0 Å². The molecule has 0 aromatic heterocycles. The molecule has 0 radical (unpaired) electrons. The molecule has 2 aromatic carbocycles. The van der Waals surface area contributed by atoms with E-state index in [9.17, 15) is 9.59 Å². The first-order valence-corrected chi connectivity index (χ1v) is 8.38. The number of carbonyl (C=O) groups is 2. The first-order valence-electron chi connectivity index (χ1n) is 8.38. The van der Waals surface area contributed by atoms with Gasteiger partial charge in [-0.1, -0.05) is 13.8 Å². The zero-order valence-corrected chi connectivity index (χ0v) is 14.5. The Labute approximate surface area is 147 Å². The Morgan fingerprint density at radius 1 is 0.760 bits per heavy atom. The van der Waals surface area contributed by atoms with Gasteiger partial charge in [-0.05, 0) is 61.4 Å². The van der Waals surface area contributed by atoms with E-state index >= 15 is 0 Å². The monoisotopic (exact) mass is 342 g/mol. The fraction of sp³-hybridized carbons (Fsp3) is 0.300. The molecular weight excluding hydrogens is 320 g/mol. The van der Waals surface area contributed by atoms with E-state index < -0.39 is 5.97 Å². The van der Waals surface area contributed by atoms with Crippen LogP contribution in [0.4, 0.5) is 0 Å². The lowest BCUT2D eigenvalue weighted by Gasteiger charge is -2.08. The molecule has 0 saturated carbocycles. The second-order valence-corrected chi connectivity index (χ2v) is 5.46. The Balaban J connectivity index is 1.93. The van der Waals surface area contributed by atoms with Crippen LogP contribution in [0.15, 0.2) is 48.5 Å². The zero-order valence-electron chi connectivity index (χ0n) is 14.5. The molecule has 0 heterocycles. The predicted molar refractivity (Wildman–Crippen MR) is 94.2 cm³/mol. The molecule has 0 aliphatic rings. The molecule has 0 aliphatic heterocycles. The van der Waals surface area contributed by atoms with Gasteiger partial charge in [0.05, 0.1) is 12.2 Å². The van der Waals surface area contributed by atoms with Crippen LogP contribution in [-0.4, -0.2) is 18.5 Å². The highest BCUT2D eigenvalue weighted by Gasteiger charge is 2.10. The van der Waals surface area contributed by atoms with Crippen LogP contribution >= 0.6 is 0 Å². The number of rotatable bonds is 8. The van der Waals surface area contributed by atoms with Crippen molar-refractivity contribution in [3.8, 4) is 17.2 Å². The maximum absolute atomic E-state index is 12.1. The van der Waals surface area contributed by atoms with Gasteiger partial charge in [0.15, 0.2) is 0 Å². The summed E-state index contributed by atoms with van der Waals surface area (Å²) in [5, 5.41) is 0. The zero-order chi connectivity index (χ0) is 18.1. The number of hydrogen-bond donors (Lipinski definition) is 0. The van der Waals surface area contributed by atoms with Crippen molar-refractivity contribution in [1.29, 1.82) is 0 Å². The highest BCUT2D eigenvalue weighted by Crippen LogP contribution is 2.20. The Morgan fingerprint density at radius 3 is 1.92 bits per heavy atom. The Bertz CT molecular complexity index is 689. The molecule has 0 atom stereocenters. The molecule has 0 unspecified atom stereocenters. The van der Waals surface area contributed by atoms with E-state index in [1.165, 1.54) is 0 Å². The lowest BCUT2D eigenvalue weighted by molar-refractivity contribution is -0.134. The number of carbonyl (C=O) groups excluding carboxylic acids is 2. The number of esters is 2. The molecule has 0 aliphatic carbocycles. The van der Waals surface area contributed by atoms with Crippen molar-refractivity contribution in [2.24, 2.45) is 0 Å². The van der Waals surface area contributed by atoms with E-state index in [-0.39, 0.29) is 5.97 Å². The maximum Gasteiger partial charge on any atom is 0.343 e. The van der Waals surface area contributed by atoms with Crippen LogP contribution < -0.4 is 14.2 Å². The van der Waals surface area contributed by atoms with Crippen LogP contribution in [0.1, 0.15) is 43.5 Å². The standard InChI is InChI=1S/C20H22O5/c1-3-5-19(21)24-17-8-6-15(7-9-17)20(22)25-18-12-10-16(11-13-18)23-14-4-2/h6-13H,3-5,14H2,1-2H3. The molecular formula is C20H22O5. The smallest absolute Gasteiger partial charge is 0.343 e. The van der Waals surface area contributed by atoms with Crippen LogP contribution in [0.5, 0.6) is 17.2 Å². The molecule has 0 N–H and O–H groups in total. The molecule has 0 bridgehead atoms. The summed E-state index contributed by atoms with van der Waals surface area (Å²) in [7, 11) is 0. The van der Waals surface area contributed by atoms with E-state index in [4.69, 9.17) is 14.2 Å². The largest absolute Gasteiger partial charge is 0.494 e. The van der Waals surface area contributed by atoms with Crippen molar-refractivity contribution in [1.82, 2.24) is 0 Å². The van der Waals surface area contributed by atoms with Gasteiger partial charge in [-0.25, -0.2) is 4.79 Å². The van der Waals surface area contributed by atoms with Crippen LogP contribution in [0, 0.1) is 0 Å². The first-order chi connectivity index (χ1) is 12.1. The van der Waals surface area contributed by atoms with Crippen molar-refractivity contribution in [3.63, 3.8) is 0 Å². The lowest BCUT2D eigenvalue weighted by Crippen LogP contribution is -2.09. The van der Waals surface area contributed by atoms with E-state index in [1.807, 2.05) is 13.8 Å². The third-order valence-electron chi connectivity index (χ3n) is 3.28. The number of hydrogen-bond acceptors (Lipinski definition) is 5. The molecule has 2 rings (SSSR count). The SMILES string of the molecule is CCCOc1ccc(OC(=O)c2ccc(OC(=O)CCC)cc2)cc1. The molecule has 0 fully saturated rings. The average molecular weight is 342 g/mol. The van der Waals surface area contributed by atoms with Gasteiger partial charge >= 0.3 is 11.9 Å². The van der Waals surface area contributed by atoms with Gasteiger partial charge in [-0.15, -0.1) is 0 Å². The quantitative estimate of drug-likeness (QED) is 0.525. The van der Waals surface area contributed by atoms with Crippen molar-refractivity contribution < 1.29 is 23.8 Å². The molecule has 132 valence electrons. The second kappa shape index (κ2) is 9.47. The molecule has 0 spiro atoms. The van der Waals surface area contributed by atoms with Crippen molar-refractivity contribution >= 4 is 11.9 Å². The van der Waals surface area contributed by atoms with Gasteiger partial charge in [-0.2, -0.15) is 0 Å². The summed E-state index contributed by atoms with van der Waals surface area (Å²) in [6, 6.07) is 13.2. The number of benzene rings is 2. The highest BCUT2D eigenvalue weighted by atomic mass is 16.5. The van der Waals surface area contributed by atoms with Gasteiger partial charge < -0.3 is 14.2 Å². The Morgan fingerprint density at radius 2 is 1.32 bits per heavy atom. The van der Waals surface area contributed by atoms with Gasteiger partial charge in [0, 0.05) is 6.42 Å². The average Bonchev–Trinajstić information content (AvgIpc) is 2.62. The summed E-state index contributed by atoms with van der Waals surface area (Å²) in [5.74, 6) is 0.816. The second-order valence-electron chi connectivity index (χ2n) is 5.46. The van der Waals surface area contributed by atoms with E-state index in [0.29, 0.717) is 30.1 Å². The van der Waals surface area contributed by atoms with Gasteiger partial charge in [-0.3, -0.25) is 4.79 Å². The van der Waals surface area contributed by atoms with Gasteiger partial charge in [0.1, 0.15) is 17.2 Å². The highest BCUT2D eigenvalue weighted by molar-refractivity contribution is 5.91. The summed E-state index contributed by atoms with van der Waals surface area (Å²) in [5.41, 5.74) is 0.376. The van der Waals surface area contributed by atoms with E-state index in [2.05, 4.69) is 0 Å². The fourth-order valence-corrected chi connectivity index (χ4v) is 2.04. The third-order valence-corrected chi connectivity index (χ3v) is 3.28. The topological polar surface area (TPSA) is 61.8 Å². The maximum atomic E-state index is 12.1. The molecule has 2 aromatic rings. The minimum atomic E-state index is -0.478. The molecule has 5 heteroatoms. The van der Waals surface area contributed by atoms with Crippen molar-refractivity contribution in [3.05, 3.63) is 54.1 Å². The van der Waals surface area contributed by atoms with E-state index in [0.717, 1.165) is 18.6 Å². The minimum Gasteiger partial charge on any atom is -0.494 e. The van der Waals surface area contributed by atoms with Gasteiger partial charge in [0.25, 0.3) is 0 Å². The molecule has 25 heavy (non-hydrogen) atoms. The summed E-state index contributed by atoms with van der Waals surface area (Å²) < 4.78 is 15.9. The summed E-state index contributed by atoms with van der Waals surface area (Å²) >= 11 is 0. The predicted octanol–water partition coefficient (Wildman–Crippen LogP) is 4.40. The first kappa shape index (κ1) is 18.5.